The quantitative estimate of drug-likeness (QED) is 0.393. The minimum Gasteiger partial charge on any atom is -2.00 e. The van der Waals surface area contributed by atoms with Gasteiger partial charge in [0.25, 0.3) is 0 Å². The Hall–Kier alpha value is 0.0134. The maximum absolute atomic E-state index is 9.89. The van der Waals surface area contributed by atoms with Crippen LogP contribution in [0.4, 0.5) is 0 Å². The molecule has 0 radical (unpaired) electrons. The topological polar surface area (TPSA) is 68.6 Å². The Labute approximate surface area is 73.5 Å². The third-order valence-corrected chi connectivity index (χ3v) is 0.603. The van der Waals surface area contributed by atoms with Crippen molar-refractivity contribution in [2.75, 3.05) is 27.7 Å². The van der Waals surface area contributed by atoms with Gasteiger partial charge in [-0.1, -0.05) is 0 Å². The van der Waals surface area contributed by atoms with Crippen LogP contribution in [0.1, 0.15) is 0 Å². The zero-order valence-electron chi connectivity index (χ0n) is 6.59. The van der Waals surface area contributed by atoms with E-state index < -0.39 is 5.97 Å². The minimum atomic E-state index is -1.00. The minimum absolute atomic E-state index is 0. The monoisotopic (exact) mass is 197 g/mol. The van der Waals surface area contributed by atoms with Gasteiger partial charge in [0.1, 0.15) is 6.54 Å². The standard InChI is InChI=1S/C5H11NO2.O.Zn/c1-6(2,3)4-5(7)8;;/h4H2,1-3H3;;/q;-2;+2. The van der Waals surface area contributed by atoms with Crippen molar-refractivity contribution in [3.05, 3.63) is 0 Å². The van der Waals surface area contributed by atoms with E-state index in [1.54, 1.807) is 21.1 Å². The normalized spacial score (nSPS) is 9.10. The first-order valence-electron chi connectivity index (χ1n) is 2.42. The summed E-state index contributed by atoms with van der Waals surface area (Å²) in [4.78, 5) is 9.89. The number of rotatable bonds is 2. The SMILES string of the molecule is C[N+](C)(C)CC(=O)[O-].[O-2].[Zn+2]. The van der Waals surface area contributed by atoms with Gasteiger partial charge in [-0.3, -0.25) is 0 Å². The van der Waals surface area contributed by atoms with Crippen molar-refractivity contribution in [2.24, 2.45) is 0 Å². The molecule has 5 heteroatoms. The summed E-state index contributed by atoms with van der Waals surface area (Å²) in [7, 11) is 5.40. The molecule has 0 aliphatic heterocycles. The summed E-state index contributed by atoms with van der Waals surface area (Å²) in [6, 6.07) is 0. The molecule has 0 saturated heterocycles. The van der Waals surface area contributed by atoms with Gasteiger partial charge in [0.15, 0.2) is 0 Å². The first kappa shape index (κ1) is 16.5. The van der Waals surface area contributed by atoms with Crippen LogP contribution in [0, 0.1) is 0 Å². The number of carbonyl (C=O) groups excluding carboxylic acids is 1. The smallest absolute Gasteiger partial charge is 2.00 e. The summed E-state index contributed by atoms with van der Waals surface area (Å²) >= 11 is 0. The molecular formula is C5H11NO3Zn. The van der Waals surface area contributed by atoms with Crippen LogP contribution in [0.3, 0.4) is 0 Å². The number of quaternary nitrogens is 1. The van der Waals surface area contributed by atoms with Crippen LogP contribution in [-0.2, 0) is 29.7 Å². The second-order valence-electron chi connectivity index (χ2n) is 2.82. The molecule has 0 aromatic carbocycles. The zero-order chi connectivity index (χ0) is 6.78. The fourth-order valence-corrected chi connectivity index (χ4v) is 0.387. The third kappa shape index (κ3) is 15.7. The molecule has 0 unspecified atom stereocenters. The molecule has 4 nitrogen and oxygen atoms in total. The van der Waals surface area contributed by atoms with Crippen LogP contribution < -0.4 is 5.11 Å². The number of likely N-dealkylation sites (N-methyl/N-ethyl adjacent to an activating group) is 1. The van der Waals surface area contributed by atoms with E-state index in [-0.39, 0.29) is 31.5 Å². The second-order valence-corrected chi connectivity index (χ2v) is 2.82. The molecule has 0 fully saturated rings. The van der Waals surface area contributed by atoms with Gasteiger partial charge >= 0.3 is 19.5 Å². The number of hydrogen-bond donors (Lipinski definition) is 0. The summed E-state index contributed by atoms with van der Waals surface area (Å²) in [5, 5.41) is 9.89. The predicted octanol–water partition coefficient (Wildman–Crippen LogP) is -1.68. The van der Waals surface area contributed by atoms with Gasteiger partial charge in [-0.05, 0) is 0 Å². The van der Waals surface area contributed by atoms with Crippen molar-refractivity contribution in [3.63, 3.8) is 0 Å². The van der Waals surface area contributed by atoms with Crippen LogP contribution >= 0.6 is 0 Å². The number of nitrogens with zero attached hydrogens (tertiary/aromatic N) is 1. The summed E-state index contributed by atoms with van der Waals surface area (Å²) in [5.74, 6) is -1.00. The molecule has 0 atom stereocenters. The maximum Gasteiger partial charge on any atom is 2.00 e. The number of aliphatic carboxylic acids is 1. The largest absolute Gasteiger partial charge is 2.00 e. The van der Waals surface area contributed by atoms with Crippen molar-refractivity contribution < 1.29 is 39.3 Å². The van der Waals surface area contributed by atoms with Gasteiger partial charge in [0, 0.05) is 0 Å². The van der Waals surface area contributed by atoms with E-state index in [2.05, 4.69) is 0 Å². The Balaban J connectivity index is -0.000000245. The Bertz CT molecular complexity index is 99.6. The molecule has 0 saturated carbocycles. The molecule has 0 aliphatic rings. The molecule has 0 aromatic rings. The van der Waals surface area contributed by atoms with Gasteiger partial charge in [-0.25, -0.2) is 0 Å². The van der Waals surface area contributed by atoms with E-state index >= 15 is 0 Å². The molecule has 0 aromatic heterocycles. The first-order valence-corrected chi connectivity index (χ1v) is 2.42. The summed E-state index contributed by atoms with van der Waals surface area (Å²) in [6.07, 6.45) is 0. The average Bonchev–Trinajstić information content (AvgIpc) is 1.21. The van der Waals surface area contributed by atoms with Gasteiger partial charge in [0.05, 0.1) is 27.1 Å². The molecule has 56 valence electrons. The van der Waals surface area contributed by atoms with Crippen molar-refractivity contribution in [1.82, 2.24) is 0 Å². The molecule has 10 heavy (non-hydrogen) atoms. The average molecular weight is 199 g/mol. The van der Waals surface area contributed by atoms with Crippen LogP contribution in [-0.4, -0.2) is 38.1 Å². The molecule has 0 aliphatic carbocycles. The third-order valence-electron chi connectivity index (χ3n) is 0.603. The summed E-state index contributed by atoms with van der Waals surface area (Å²) in [6.45, 7) is 0.0694. The zero-order valence-corrected chi connectivity index (χ0v) is 9.55. The van der Waals surface area contributed by atoms with Gasteiger partial charge in [-0.2, -0.15) is 0 Å². The number of carboxylic acids is 1. The maximum atomic E-state index is 9.89. The first-order chi connectivity index (χ1) is 3.42. The van der Waals surface area contributed by atoms with E-state index in [0.29, 0.717) is 4.48 Å². The van der Waals surface area contributed by atoms with Gasteiger partial charge in [-0.15, -0.1) is 0 Å². The molecule has 0 rings (SSSR count). The Kier molecular flexibility index (Phi) is 9.55. The van der Waals surface area contributed by atoms with Crippen LogP contribution in [0.15, 0.2) is 0 Å². The summed E-state index contributed by atoms with van der Waals surface area (Å²) < 4.78 is 0.419. The fourth-order valence-electron chi connectivity index (χ4n) is 0.387. The summed E-state index contributed by atoms with van der Waals surface area (Å²) in [5.41, 5.74) is 0. The fraction of sp³-hybridized carbons (Fsp3) is 0.800. The molecule has 0 heterocycles. The number of carbonyl (C=O) groups is 1. The predicted molar refractivity (Wildman–Crippen MR) is 28.6 cm³/mol. The van der Waals surface area contributed by atoms with Crippen LogP contribution in [0.2, 0.25) is 0 Å². The molecule has 0 spiro atoms. The van der Waals surface area contributed by atoms with Crippen molar-refractivity contribution in [1.29, 1.82) is 0 Å². The number of hydrogen-bond acceptors (Lipinski definition) is 2. The number of carboxylic acid groups (broad SMARTS) is 1. The van der Waals surface area contributed by atoms with Crippen molar-refractivity contribution in [2.45, 2.75) is 0 Å². The Morgan fingerprint density at radius 3 is 1.70 bits per heavy atom. The van der Waals surface area contributed by atoms with E-state index in [4.69, 9.17) is 0 Å². The molecular weight excluding hydrogens is 187 g/mol. The van der Waals surface area contributed by atoms with E-state index in [1.807, 2.05) is 0 Å². The van der Waals surface area contributed by atoms with Crippen molar-refractivity contribution >= 4 is 5.97 Å². The molecule has 0 N–H and O–H groups in total. The molecule has 0 amide bonds. The van der Waals surface area contributed by atoms with Crippen molar-refractivity contribution in [3.8, 4) is 0 Å². The van der Waals surface area contributed by atoms with E-state index in [9.17, 15) is 9.90 Å². The second kappa shape index (κ2) is 5.77. The Morgan fingerprint density at radius 2 is 1.70 bits per heavy atom. The van der Waals surface area contributed by atoms with E-state index in [0.717, 1.165) is 0 Å². The Morgan fingerprint density at radius 1 is 1.40 bits per heavy atom. The van der Waals surface area contributed by atoms with E-state index in [1.165, 1.54) is 0 Å². The van der Waals surface area contributed by atoms with Crippen LogP contribution in [0.5, 0.6) is 0 Å². The van der Waals surface area contributed by atoms with Gasteiger partial charge in [0.2, 0.25) is 0 Å². The molecule has 0 bridgehead atoms. The van der Waals surface area contributed by atoms with Crippen LogP contribution in [0.25, 0.3) is 0 Å². The van der Waals surface area contributed by atoms with Gasteiger partial charge < -0.3 is 19.9 Å².